The SMILES string of the molecule is CCOCCOC(=O)c1ccc(NC(=O)c2ccco2)cc1. The number of benzene rings is 1. The number of rotatable bonds is 7. The predicted octanol–water partition coefficient (Wildman–Crippen LogP) is 2.73. The summed E-state index contributed by atoms with van der Waals surface area (Å²) < 4.78 is 15.1. The lowest BCUT2D eigenvalue weighted by Gasteiger charge is -2.06. The van der Waals surface area contributed by atoms with Crippen molar-refractivity contribution in [3.63, 3.8) is 0 Å². The Kier molecular flexibility index (Phi) is 5.73. The molecule has 0 bridgehead atoms. The molecule has 116 valence electrons. The summed E-state index contributed by atoms with van der Waals surface area (Å²) in [5.41, 5.74) is 0.972. The van der Waals surface area contributed by atoms with Crippen LogP contribution in [-0.4, -0.2) is 31.7 Å². The third kappa shape index (κ3) is 4.46. The van der Waals surface area contributed by atoms with Crippen molar-refractivity contribution in [1.29, 1.82) is 0 Å². The number of ether oxygens (including phenoxy) is 2. The summed E-state index contributed by atoms with van der Waals surface area (Å²) >= 11 is 0. The van der Waals surface area contributed by atoms with Gasteiger partial charge in [0.05, 0.1) is 18.4 Å². The zero-order valence-corrected chi connectivity index (χ0v) is 12.2. The normalized spacial score (nSPS) is 10.2. The van der Waals surface area contributed by atoms with E-state index >= 15 is 0 Å². The third-order valence-electron chi connectivity index (χ3n) is 2.79. The van der Waals surface area contributed by atoms with Crippen LogP contribution >= 0.6 is 0 Å². The molecule has 0 aliphatic carbocycles. The summed E-state index contributed by atoms with van der Waals surface area (Å²) in [5, 5.41) is 2.67. The third-order valence-corrected chi connectivity index (χ3v) is 2.79. The van der Waals surface area contributed by atoms with Crippen molar-refractivity contribution >= 4 is 17.6 Å². The fourth-order valence-electron chi connectivity index (χ4n) is 1.71. The maximum Gasteiger partial charge on any atom is 0.338 e. The molecule has 0 saturated heterocycles. The molecule has 0 aliphatic heterocycles. The van der Waals surface area contributed by atoms with Crippen LogP contribution in [0.5, 0.6) is 0 Å². The summed E-state index contributed by atoms with van der Waals surface area (Å²) in [6.45, 7) is 3.04. The van der Waals surface area contributed by atoms with E-state index in [2.05, 4.69) is 5.32 Å². The maximum atomic E-state index is 11.8. The molecule has 6 nitrogen and oxygen atoms in total. The van der Waals surface area contributed by atoms with E-state index in [0.29, 0.717) is 24.5 Å². The first-order valence-electron chi connectivity index (χ1n) is 6.90. The van der Waals surface area contributed by atoms with E-state index in [1.54, 1.807) is 36.4 Å². The van der Waals surface area contributed by atoms with Crippen molar-refractivity contribution < 1.29 is 23.5 Å². The number of amides is 1. The fraction of sp³-hybridized carbons (Fsp3) is 0.250. The second-order valence-corrected chi connectivity index (χ2v) is 4.34. The van der Waals surface area contributed by atoms with Crippen molar-refractivity contribution in [3.8, 4) is 0 Å². The molecule has 1 N–H and O–H groups in total. The number of hydrogen-bond donors (Lipinski definition) is 1. The molecule has 1 heterocycles. The van der Waals surface area contributed by atoms with E-state index in [0.717, 1.165) is 0 Å². The van der Waals surface area contributed by atoms with E-state index in [9.17, 15) is 9.59 Å². The highest BCUT2D eigenvalue weighted by Gasteiger charge is 2.10. The van der Waals surface area contributed by atoms with E-state index in [1.807, 2.05) is 6.92 Å². The molecule has 1 aromatic heterocycles. The smallest absolute Gasteiger partial charge is 0.338 e. The lowest BCUT2D eigenvalue weighted by Crippen LogP contribution is -2.12. The molecule has 0 spiro atoms. The molecule has 2 aromatic rings. The first-order chi connectivity index (χ1) is 10.7. The van der Waals surface area contributed by atoms with E-state index in [-0.39, 0.29) is 18.3 Å². The van der Waals surface area contributed by atoms with Gasteiger partial charge in [0, 0.05) is 12.3 Å². The molecule has 0 atom stereocenters. The van der Waals surface area contributed by atoms with Gasteiger partial charge in [-0.25, -0.2) is 4.79 Å². The molecular weight excluding hydrogens is 286 g/mol. The number of esters is 1. The van der Waals surface area contributed by atoms with Crippen molar-refractivity contribution in [2.45, 2.75) is 6.92 Å². The van der Waals surface area contributed by atoms with Gasteiger partial charge in [-0.15, -0.1) is 0 Å². The summed E-state index contributed by atoms with van der Waals surface area (Å²) in [6.07, 6.45) is 1.43. The highest BCUT2D eigenvalue weighted by molar-refractivity contribution is 6.02. The topological polar surface area (TPSA) is 77.8 Å². The highest BCUT2D eigenvalue weighted by Crippen LogP contribution is 2.12. The first kappa shape index (κ1) is 15.8. The van der Waals surface area contributed by atoms with Crippen LogP contribution in [0.2, 0.25) is 0 Å². The monoisotopic (exact) mass is 303 g/mol. The second kappa shape index (κ2) is 7.99. The molecule has 0 fully saturated rings. The number of hydrogen-bond acceptors (Lipinski definition) is 5. The Morgan fingerprint density at radius 3 is 2.55 bits per heavy atom. The van der Waals surface area contributed by atoms with E-state index in [1.165, 1.54) is 6.26 Å². The van der Waals surface area contributed by atoms with Gasteiger partial charge in [-0.2, -0.15) is 0 Å². The summed E-state index contributed by atoms with van der Waals surface area (Å²) in [6, 6.07) is 9.62. The average molecular weight is 303 g/mol. The van der Waals surface area contributed by atoms with Crippen LogP contribution in [0.3, 0.4) is 0 Å². The van der Waals surface area contributed by atoms with Gasteiger partial charge in [0.1, 0.15) is 6.61 Å². The number of carbonyl (C=O) groups excluding carboxylic acids is 2. The average Bonchev–Trinajstić information content (AvgIpc) is 3.06. The maximum absolute atomic E-state index is 11.8. The highest BCUT2D eigenvalue weighted by atomic mass is 16.6. The Balaban J connectivity index is 1.87. The Labute approximate surface area is 128 Å². The van der Waals surface area contributed by atoms with Gasteiger partial charge in [-0.3, -0.25) is 4.79 Å². The van der Waals surface area contributed by atoms with Crippen molar-refractivity contribution in [1.82, 2.24) is 0 Å². The first-order valence-corrected chi connectivity index (χ1v) is 6.90. The Hall–Kier alpha value is -2.60. The minimum Gasteiger partial charge on any atom is -0.460 e. The molecule has 22 heavy (non-hydrogen) atoms. The Bertz CT molecular complexity index is 604. The van der Waals surface area contributed by atoms with Crippen LogP contribution < -0.4 is 5.32 Å². The molecule has 0 aliphatic rings. The van der Waals surface area contributed by atoms with Crippen LogP contribution in [0.4, 0.5) is 5.69 Å². The fourth-order valence-corrected chi connectivity index (χ4v) is 1.71. The number of anilines is 1. The van der Waals surface area contributed by atoms with Gasteiger partial charge in [0.15, 0.2) is 5.76 Å². The zero-order chi connectivity index (χ0) is 15.8. The van der Waals surface area contributed by atoms with Crippen LogP contribution in [0.25, 0.3) is 0 Å². The Morgan fingerprint density at radius 1 is 1.14 bits per heavy atom. The number of furan rings is 1. The van der Waals surface area contributed by atoms with Crippen LogP contribution in [-0.2, 0) is 9.47 Å². The van der Waals surface area contributed by atoms with Gasteiger partial charge in [-0.1, -0.05) is 0 Å². The van der Waals surface area contributed by atoms with Gasteiger partial charge >= 0.3 is 5.97 Å². The lowest BCUT2D eigenvalue weighted by atomic mass is 10.2. The van der Waals surface area contributed by atoms with Crippen molar-refractivity contribution in [3.05, 3.63) is 54.0 Å². The Morgan fingerprint density at radius 2 is 1.91 bits per heavy atom. The molecular formula is C16H17NO5. The molecule has 0 radical (unpaired) electrons. The largest absolute Gasteiger partial charge is 0.460 e. The minimum absolute atomic E-state index is 0.212. The predicted molar refractivity (Wildman–Crippen MR) is 79.9 cm³/mol. The molecule has 1 aromatic carbocycles. The summed E-state index contributed by atoms with van der Waals surface area (Å²) in [5.74, 6) is -0.555. The lowest BCUT2D eigenvalue weighted by molar-refractivity contribution is 0.0335. The molecule has 0 saturated carbocycles. The summed E-state index contributed by atoms with van der Waals surface area (Å²) in [7, 11) is 0. The summed E-state index contributed by atoms with van der Waals surface area (Å²) in [4.78, 5) is 23.5. The van der Waals surface area contributed by atoms with Crippen LogP contribution in [0, 0.1) is 0 Å². The van der Waals surface area contributed by atoms with Crippen molar-refractivity contribution in [2.24, 2.45) is 0 Å². The van der Waals surface area contributed by atoms with Crippen LogP contribution in [0.15, 0.2) is 47.1 Å². The quantitative estimate of drug-likeness (QED) is 0.628. The molecule has 6 heteroatoms. The van der Waals surface area contributed by atoms with Gasteiger partial charge in [0.2, 0.25) is 0 Å². The second-order valence-electron chi connectivity index (χ2n) is 4.34. The zero-order valence-electron chi connectivity index (χ0n) is 12.2. The van der Waals surface area contributed by atoms with Crippen molar-refractivity contribution in [2.75, 3.05) is 25.1 Å². The van der Waals surface area contributed by atoms with Gasteiger partial charge in [-0.05, 0) is 43.3 Å². The molecule has 1 amide bonds. The number of carbonyl (C=O) groups is 2. The van der Waals surface area contributed by atoms with Gasteiger partial charge in [0.25, 0.3) is 5.91 Å². The molecule has 2 rings (SSSR count). The van der Waals surface area contributed by atoms with Gasteiger partial charge < -0.3 is 19.2 Å². The number of nitrogens with one attached hydrogen (secondary N) is 1. The van der Waals surface area contributed by atoms with E-state index < -0.39 is 5.97 Å². The minimum atomic E-state index is -0.427. The van der Waals surface area contributed by atoms with E-state index in [4.69, 9.17) is 13.9 Å². The molecule has 0 unspecified atom stereocenters. The van der Waals surface area contributed by atoms with Crippen LogP contribution in [0.1, 0.15) is 27.8 Å². The standard InChI is InChI=1S/C16H17NO5/c1-2-20-10-11-22-16(19)12-5-7-13(8-6-12)17-15(18)14-4-3-9-21-14/h3-9H,2,10-11H2,1H3,(H,17,18).